The van der Waals surface area contributed by atoms with Crippen molar-refractivity contribution in [3.63, 3.8) is 0 Å². The maximum atomic E-state index is 12.6. The Hall–Kier alpha value is -3.94. The van der Waals surface area contributed by atoms with Crippen molar-refractivity contribution in [3.05, 3.63) is 66.0 Å². The van der Waals surface area contributed by atoms with Crippen molar-refractivity contribution in [3.8, 4) is 0 Å². The molecule has 0 radical (unpaired) electrons. The van der Waals surface area contributed by atoms with Crippen LogP contribution in [0.1, 0.15) is 17.5 Å². The number of anilines is 1. The van der Waals surface area contributed by atoms with E-state index in [1.54, 1.807) is 37.5 Å². The summed E-state index contributed by atoms with van der Waals surface area (Å²) in [4.78, 5) is 45.4. The molecular weight excluding hydrogens is 394 g/mol. The van der Waals surface area contributed by atoms with E-state index in [0.29, 0.717) is 25.2 Å². The van der Waals surface area contributed by atoms with Gasteiger partial charge in [-0.15, -0.1) is 0 Å². The van der Waals surface area contributed by atoms with Crippen molar-refractivity contribution in [2.24, 2.45) is 0 Å². The Morgan fingerprint density at radius 3 is 2.68 bits per heavy atom. The first-order valence-electron chi connectivity index (χ1n) is 10.1. The Balaban J connectivity index is 1.37. The van der Waals surface area contributed by atoms with Crippen LogP contribution in [0, 0.1) is 0 Å². The fourth-order valence-electron chi connectivity index (χ4n) is 3.63. The summed E-state index contributed by atoms with van der Waals surface area (Å²) >= 11 is 0. The van der Waals surface area contributed by atoms with Crippen LogP contribution in [-0.4, -0.2) is 52.7 Å². The lowest BCUT2D eigenvalue weighted by Crippen LogP contribution is -2.41. The molecule has 0 saturated heterocycles. The molecule has 2 aromatic heterocycles. The second kappa shape index (κ2) is 8.83. The molecule has 0 atom stereocenters. The van der Waals surface area contributed by atoms with Crippen LogP contribution in [0.5, 0.6) is 0 Å². The molecule has 0 spiro atoms. The number of hydrogen-bond acceptors (Lipinski definition) is 4. The number of likely N-dealkylation sites (N-methyl/N-ethyl adjacent to an activating group) is 1. The third-order valence-electron chi connectivity index (χ3n) is 5.34. The van der Waals surface area contributed by atoms with Gasteiger partial charge in [0.25, 0.3) is 0 Å². The minimum absolute atomic E-state index is 0.0895. The summed E-state index contributed by atoms with van der Waals surface area (Å²) in [6.45, 7) is 0.843. The van der Waals surface area contributed by atoms with E-state index in [4.69, 9.17) is 0 Å². The number of nitrogens with one attached hydrogen (secondary N) is 3. The third kappa shape index (κ3) is 4.48. The van der Waals surface area contributed by atoms with E-state index in [2.05, 4.69) is 20.6 Å². The zero-order chi connectivity index (χ0) is 21.8. The summed E-state index contributed by atoms with van der Waals surface area (Å²) in [6.07, 6.45) is 6.58. The molecule has 3 N–H and O–H groups in total. The number of rotatable bonds is 4. The van der Waals surface area contributed by atoms with E-state index in [1.165, 1.54) is 4.90 Å². The minimum atomic E-state index is -0.674. The predicted octanol–water partition coefficient (Wildman–Crippen LogP) is 2.11. The first-order chi connectivity index (χ1) is 15.0. The molecule has 0 bridgehead atoms. The third-order valence-corrected chi connectivity index (χ3v) is 5.34. The first kappa shape index (κ1) is 20.3. The van der Waals surface area contributed by atoms with Gasteiger partial charge in [0.2, 0.25) is 5.91 Å². The highest BCUT2D eigenvalue weighted by atomic mass is 16.2. The normalized spacial score (nSPS) is 13.6. The Bertz CT molecular complexity index is 1160. The van der Waals surface area contributed by atoms with Crippen LogP contribution in [0.15, 0.2) is 54.9 Å². The Morgan fingerprint density at radius 1 is 1.16 bits per heavy atom. The molecule has 1 aliphatic rings. The molecule has 8 heteroatoms. The highest BCUT2D eigenvalue weighted by molar-refractivity contribution is 6.39. The largest absolute Gasteiger partial charge is 0.359 e. The van der Waals surface area contributed by atoms with Gasteiger partial charge in [0, 0.05) is 49.2 Å². The van der Waals surface area contributed by atoms with E-state index in [1.807, 2.05) is 24.4 Å². The lowest BCUT2D eigenvalue weighted by Gasteiger charge is -2.26. The summed E-state index contributed by atoms with van der Waals surface area (Å²) in [5.74, 6) is -1.33. The molecule has 0 unspecified atom stereocenters. The number of nitrogens with zero attached hydrogens (tertiary/aromatic N) is 2. The number of fused-ring (bicyclic) bond motifs is 1. The minimum Gasteiger partial charge on any atom is -0.359 e. The highest BCUT2D eigenvalue weighted by Gasteiger charge is 2.24. The lowest BCUT2D eigenvalue weighted by molar-refractivity contribution is -0.142. The second-order valence-electron chi connectivity index (χ2n) is 7.33. The van der Waals surface area contributed by atoms with Gasteiger partial charge in [-0.25, -0.2) is 4.98 Å². The van der Waals surface area contributed by atoms with Crippen LogP contribution >= 0.6 is 0 Å². The topological polar surface area (TPSA) is 107 Å². The maximum Gasteiger partial charge on any atom is 0.313 e. The van der Waals surface area contributed by atoms with Gasteiger partial charge in [0.15, 0.2) is 0 Å². The molecule has 3 amide bonds. The number of pyridine rings is 1. The molecule has 0 fully saturated rings. The highest BCUT2D eigenvalue weighted by Crippen LogP contribution is 2.28. The monoisotopic (exact) mass is 417 g/mol. The molecular formula is C23H23N5O3. The van der Waals surface area contributed by atoms with Crippen molar-refractivity contribution < 1.29 is 14.4 Å². The van der Waals surface area contributed by atoms with Crippen molar-refractivity contribution in [1.29, 1.82) is 0 Å². The summed E-state index contributed by atoms with van der Waals surface area (Å²) in [6, 6.07) is 10.8. The van der Waals surface area contributed by atoms with Crippen LogP contribution in [0.2, 0.25) is 0 Å². The number of carbonyl (C=O) groups is 3. The van der Waals surface area contributed by atoms with Gasteiger partial charge >= 0.3 is 11.8 Å². The molecule has 0 saturated carbocycles. The van der Waals surface area contributed by atoms with Crippen molar-refractivity contribution in [2.75, 3.05) is 25.5 Å². The smallest absolute Gasteiger partial charge is 0.313 e. The van der Waals surface area contributed by atoms with Gasteiger partial charge in [0.1, 0.15) is 5.65 Å². The van der Waals surface area contributed by atoms with E-state index in [0.717, 1.165) is 27.7 Å². The average molecular weight is 417 g/mol. The first-order valence-corrected chi connectivity index (χ1v) is 10.1. The lowest BCUT2D eigenvalue weighted by atomic mass is 9.99. The molecule has 4 rings (SSSR count). The zero-order valence-corrected chi connectivity index (χ0v) is 17.1. The van der Waals surface area contributed by atoms with E-state index in [-0.39, 0.29) is 12.3 Å². The zero-order valence-electron chi connectivity index (χ0n) is 17.1. The summed E-state index contributed by atoms with van der Waals surface area (Å²) < 4.78 is 0. The second-order valence-corrected chi connectivity index (χ2v) is 7.33. The maximum absolute atomic E-state index is 12.6. The molecule has 3 heterocycles. The molecule has 1 aromatic carbocycles. The van der Waals surface area contributed by atoms with Gasteiger partial charge in [0.05, 0.1) is 6.42 Å². The molecule has 3 aromatic rings. The number of H-pyrrole nitrogens is 1. The Morgan fingerprint density at radius 2 is 1.97 bits per heavy atom. The van der Waals surface area contributed by atoms with Gasteiger partial charge in [-0.3, -0.25) is 14.4 Å². The number of amides is 3. The number of aromatic amines is 1. The number of aromatic nitrogens is 2. The van der Waals surface area contributed by atoms with Crippen molar-refractivity contribution in [1.82, 2.24) is 20.2 Å². The summed E-state index contributed by atoms with van der Waals surface area (Å²) in [5.41, 5.74) is 4.38. The quantitative estimate of drug-likeness (QED) is 0.565. The van der Waals surface area contributed by atoms with Crippen LogP contribution in [0.3, 0.4) is 0 Å². The Labute approximate surface area is 179 Å². The number of hydrogen-bond donors (Lipinski definition) is 3. The SMILES string of the molecule is CNC(=O)Cc1ccc(NC(=O)C(=O)N2CC=C(c3c[nH]c4ncccc34)CC2)cc1. The number of benzene rings is 1. The van der Waals surface area contributed by atoms with Crippen LogP contribution < -0.4 is 10.6 Å². The van der Waals surface area contributed by atoms with E-state index in [9.17, 15) is 14.4 Å². The standard InChI is InChI=1S/C23H23N5O3/c1-24-20(29)13-15-4-6-17(7-5-15)27-22(30)23(31)28-11-8-16(9-12-28)19-14-26-21-18(19)3-2-10-25-21/h2-8,10,14H,9,11-13H2,1H3,(H,24,29)(H,25,26)(H,27,30). The molecule has 0 aliphatic carbocycles. The van der Waals surface area contributed by atoms with Crippen LogP contribution in [-0.2, 0) is 20.8 Å². The average Bonchev–Trinajstić information content (AvgIpc) is 3.24. The van der Waals surface area contributed by atoms with Gasteiger partial charge in [-0.05, 0) is 41.8 Å². The van der Waals surface area contributed by atoms with Crippen LogP contribution in [0.25, 0.3) is 16.6 Å². The van der Waals surface area contributed by atoms with Gasteiger partial charge in [-0.2, -0.15) is 0 Å². The van der Waals surface area contributed by atoms with E-state index < -0.39 is 11.8 Å². The van der Waals surface area contributed by atoms with Crippen molar-refractivity contribution >= 4 is 40.0 Å². The fourth-order valence-corrected chi connectivity index (χ4v) is 3.63. The van der Waals surface area contributed by atoms with Gasteiger partial charge in [-0.1, -0.05) is 18.2 Å². The summed E-state index contributed by atoms with van der Waals surface area (Å²) in [5, 5.41) is 6.24. The van der Waals surface area contributed by atoms with Crippen molar-refractivity contribution in [2.45, 2.75) is 12.8 Å². The fraction of sp³-hybridized carbons (Fsp3) is 0.217. The molecule has 8 nitrogen and oxygen atoms in total. The van der Waals surface area contributed by atoms with Crippen LogP contribution in [0.4, 0.5) is 5.69 Å². The Kier molecular flexibility index (Phi) is 5.79. The molecule has 1 aliphatic heterocycles. The predicted molar refractivity (Wildman–Crippen MR) is 118 cm³/mol. The number of carbonyl (C=O) groups excluding carboxylic acids is 3. The molecule has 158 valence electrons. The molecule has 31 heavy (non-hydrogen) atoms. The summed E-state index contributed by atoms with van der Waals surface area (Å²) in [7, 11) is 1.58. The van der Waals surface area contributed by atoms with Gasteiger partial charge < -0.3 is 20.5 Å². The van der Waals surface area contributed by atoms with E-state index >= 15 is 0 Å².